The number of rotatable bonds is 0. The topological polar surface area (TPSA) is 69.2 Å². The molecule has 0 spiro atoms. The van der Waals surface area contributed by atoms with Crippen LogP contribution in [0.25, 0.3) is 0 Å². The van der Waals surface area contributed by atoms with Gasteiger partial charge in [-0.1, -0.05) is 0 Å². The van der Waals surface area contributed by atoms with Crippen LogP contribution in [0.15, 0.2) is 0 Å². The van der Waals surface area contributed by atoms with Crippen LogP contribution in [0, 0.1) is 0 Å². The van der Waals surface area contributed by atoms with Gasteiger partial charge in [-0.2, -0.15) is 0 Å². The van der Waals surface area contributed by atoms with Crippen molar-refractivity contribution in [1.29, 1.82) is 0 Å². The number of hydrogen-bond acceptors (Lipinski definition) is 3. The van der Waals surface area contributed by atoms with E-state index in [9.17, 15) is 0 Å². The summed E-state index contributed by atoms with van der Waals surface area (Å²) in [5.41, 5.74) is 0. The summed E-state index contributed by atoms with van der Waals surface area (Å²) in [6.45, 7) is 0. The first-order chi connectivity index (χ1) is 1.73. The molecule has 0 aliphatic heterocycles. The third-order valence-electron chi connectivity index (χ3n) is 0. The molecule has 0 N–H and O–H groups in total. The van der Waals surface area contributed by atoms with Crippen molar-refractivity contribution in [2.45, 2.75) is 0 Å². The van der Waals surface area contributed by atoms with E-state index in [0.29, 0.717) is 0 Å². The van der Waals surface area contributed by atoms with Gasteiger partial charge in [0.2, 0.25) is 0 Å². The molecule has 0 saturated heterocycles. The minimum Gasteiger partial charge on any atom is -0.907 e. The second-order valence-electron chi connectivity index (χ2n) is 0.289. The average molecular weight is 149 g/mol. The monoisotopic (exact) mass is 147 g/mol. The molecule has 0 aliphatic rings. The fourth-order valence-corrected chi connectivity index (χ4v) is 0. The second-order valence-corrected chi connectivity index (χ2v) is 0.289. The van der Waals surface area contributed by atoms with Crippen molar-refractivity contribution in [2.75, 3.05) is 0 Å². The molecule has 0 unspecified atom stereocenters. The Morgan fingerprint density at radius 1 is 1.00 bits per heavy atom. The van der Waals surface area contributed by atoms with E-state index in [1.807, 2.05) is 0 Å². The van der Waals surface area contributed by atoms with E-state index in [1.54, 1.807) is 0 Å². The Morgan fingerprint density at radius 2 is 1.00 bits per heavy atom. The zero-order valence-corrected chi connectivity index (χ0v) is 7.60. The maximum atomic E-state index is 8.42. The van der Waals surface area contributed by atoms with Crippen molar-refractivity contribution in [1.82, 2.24) is 0 Å². The molecule has 0 aromatic carbocycles. The van der Waals surface area contributed by atoms with Crippen molar-refractivity contribution in [3.63, 3.8) is 0 Å². The second kappa shape index (κ2) is 9.59. The molecule has 0 heterocycles. The predicted molar refractivity (Wildman–Crippen MR) is 11.5 cm³/mol. The summed E-state index contributed by atoms with van der Waals surface area (Å²) in [6, 6.07) is 0. The van der Waals surface area contributed by atoms with Gasteiger partial charge in [0, 0.05) is 0 Å². The molecule has 0 atom stereocenters. The van der Waals surface area contributed by atoms with E-state index in [0.717, 1.165) is 0 Å². The van der Waals surface area contributed by atoms with Gasteiger partial charge in [0.25, 0.3) is 0 Å². The smallest absolute Gasteiger partial charge is 0.907 e. The molecule has 0 radical (unpaired) electrons. The Hall–Kier alpha value is 1.33. The molecule has 0 rings (SSSR count). The van der Waals surface area contributed by atoms with Crippen LogP contribution in [0.3, 0.4) is 0 Å². The summed E-state index contributed by atoms with van der Waals surface area (Å²) >= 11 is 0. The standard InChI is InChI=1S/BO3.Mg.Zn/c2-1(3)4;;/q-3;2*+2. The van der Waals surface area contributed by atoms with E-state index in [1.165, 1.54) is 0 Å². The Morgan fingerprint density at radius 3 is 1.00 bits per heavy atom. The average Bonchev–Trinajstić information content (AvgIpc) is 0.811. The van der Waals surface area contributed by atoms with Crippen molar-refractivity contribution in [2.24, 2.45) is 0 Å². The van der Waals surface area contributed by atoms with Gasteiger partial charge >= 0.3 is 42.5 Å². The molecule has 3 nitrogen and oxygen atoms in total. The third kappa shape index (κ3) is 56.3. The molecule has 0 aromatic heterocycles. The van der Waals surface area contributed by atoms with Gasteiger partial charge in [0.1, 0.15) is 0 Å². The molecule has 0 aliphatic carbocycles. The molecular formula is BMgO3Zn+. The van der Waals surface area contributed by atoms with E-state index in [-0.39, 0.29) is 42.5 Å². The molecular weight excluding hydrogens is 149 g/mol. The Bertz CT molecular complexity index is 15.5. The van der Waals surface area contributed by atoms with Crippen LogP contribution in [-0.2, 0) is 19.5 Å². The van der Waals surface area contributed by atoms with Crippen molar-refractivity contribution < 1.29 is 34.6 Å². The molecule has 24 valence electrons. The summed E-state index contributed by atoms with van der Waals surface area (Å²) in [5.74, 6) is 0. The molecule has 0 bridgehead atoms. The summed E-state index contributed by atoms with van der Waals surface area (Å²) in [7, 11) is -2.92. The van der Waals surface area contributed by atoms with E-state index in [4.69, 9.17) is 15.1 Å². The molecule has 6 heavy (non-hydrogen) atoms. The normalized spacial score (nSPS) is 4.50. The zero-order chi connectivity index (χ0) is 3.58. The largest absolute Gasteiger partial charge is 2.00 e. The molecule has 0 aromatic rings. The van der Waals surface area contributed by atoms with Crippen LogP contribution < -0.4 is 15.1 Å². The first-order valence-electron chi connectivity index (χ1n) is 0.707. The fraction of sp³-hybridized carbons (Fsp3) is 0. The van der Waals surface area contributed by atoms with Crippen LogP contribution >= 0.6 is 0 Å². The van der Waals surface area contributed by atoms with Gasteiger partial charge in [-0.25, -0.2) is 0 Å². The SMILES string of the molecule is [Mg+2].[O-]B([O-])[O-].[Zn+2]. The third-order valence-corrected chi connectivity index (χ3v) is 0. The number of hydrogen-bond donors (Lipinski definition) is 0. The van der Waals surface area contributed by atoms with Gasteiger partial charge in [0.15, 0.2) is 0 Å². The van der Waals surface area contributed by atoms with Crippen LogP contribution in [0.2, 0.25) is 0 Å². The fourth-order valence-electron chi connectivity index (χ4n) is 0. The van der Waals surface area contributed by atoms with Gasteiger partial charge in [0.05, 0.1) is 0 Å². The predicted octanol–water partition coefficient (Wildman–Crippen LogP) is -4.33. The van der Waals surface area contributed by atoms with Gasteiger partial charge in [-0.3, -0.25) is 7.32 Å². The molecule has 0 amide bonds. The first kappa shape index (κ1) is 15.7. The van der Waals surface area contributed by atoms with Crippen molar-refractivity contribution in [3.05, 3.63) is 0 Å². The van der Waals surface area contributed by atoms with E-state index >= 15 is 0 Å². The van der Waals surface area contributed by atoms with Crippen LogP contribution in [0.1, 0.15) is 0 Å². The maximum Gasteiger partial charge on any atom is 2.00 e. The summed E-state index contributed by atoms with van der Waals surface area (Å²) in [4.78, 5) is 0. The molecule has 0 fully saturated rings. The minimum absolute atomic E-state index is 0. The minimum atomic E-state index is -2.92. The van der Waals surface area contributed by atoms with Crippen LogP contribution in [-0.4, -0.2) is 30.4 Å². The Kier molecular flexibility index (Phi) is 25.0. The van der Waals surface area contributed by atoms with Crippen molar-refractivity contribution in [3.8, 4) is 0 Å². The van der Waals surface area contributed by atoms with Crippen molar-refractivity contribution >= 4 is 30.4 Å². The molecule has 6 heteroatoms. The quantitative estimate of drug-likeness (QED) is 0.326. The van der Waals surface area contributed by atoms with Crippen LogP contribution in [0.4, 0.5) is 0 Å². The van der Waals surface area contributed by atoms with Crippen LogP contribution in [0.5, 0.6) is 0 Å². The van der Waals surface area contributed by atoms with Gasteiger partial charge in [-0.15, -0.1) is 0 Å². The first-order valence-corrected chi connectivity index (χ1v) is 0.707. The maximum absolute atomic E-state index is 8.42. The Labute approximate surface area is 64.8 Å². The zero-order valence-electron chi connectivity index (χ0n) is 3.22. The van der Waals surface area contributed by atoms with Gasteiger partial charge < -0.3 is 15.1 Å². The van der Waals surface area contributed by atoms with E-state index < -0.39 is 7.32 Å². The van der Waals surface area contributed by atoms with Gasteiger partial charge in [-0.05, 0) is 0 Å². The summed E-state index contributed by atoms with van der Waals surface area (Å²) in [6.07, 6.45) is 0. The summed E-state index contributed by atoms with van der Waals surface area (Å²) in [5, 5.41) is 25.2. The summed E-state index contributed by atoms with van der Waals surface area (Å²) < 4.78 is 0. The molecule has 0 saturated carbocycles. The Balaban J connectivity index is -0.0000000450. The van der Waals surface area contributed by atoms with E-state index in [2.05, 4.69) is 0 Å².